The third kappa shape index (κ3) is 3.00. The summed E-state index contributed by atoms with van der Waals surface area (Å²) in [7, 11) is 1.52. The molecule has 0 spiro atoms. The van der Waals surface area contributed by atoms with Crippen molar-refractivity contribution in [2.24, 2.45) is 7.05 Å². The van der Waals surface area contributed by atoms with E-state index in [1.54, 1.807) is 13.8 Å². The maximum absolute atomic E-state index is 12.2. The average molecular weight is 269 g/mol. The predicted molar refractivity (Wildman–Crippen MR) is 57.1 cm³/mol. The van der Waals surface area contributed by atoms with Gasteiger partial charge in [-0.1, -0.05) is 25.4 Å². The standard InChI is InChI=1S/C10H12ClF3N2O/c1-5(2)8-6(9(11)16(3)15-8)4-7(17)10(12,13)14/h5H,4H2,1-3H3. The summed E-state index contributed by atoms with van der Waals surface area (Å²) in [6.07, 6.45) is -5.60. The van der Waals surface area contributed by atoms with Crippen molar-refractivity contribution in [3.63, 3.8) is 0 Å². The molecule has 1 heterocycles. The lowest BCUT2D eigenvalue weighted by atomic mass is 10.0. The highest BCUT2D eigenvalue weighted by molar-refractivity contribution is 6.30. The molecule has 0 aromatic carbocycles. The van der Waals surface area contributed by atoms with Gasteiger partial charge >= 0.3 is 6.18 Å². The fourth-order valence-corrected chi connectivity index (χ4v) is 1.66. The van der Waals surface area contributed by atoms with Crippen LogP contribution >= 0.6 is 11.6 Å². The number of Topliss-reactive ketones (excluding diaryl/α,β-unsaturated/α-hetero) is 1. The fourth-order valence-electron chi connectivity index (χ4n) is 1.46. The van der Waals surface area contributed by atoms with E-state index >= 15 is 0 Å². The molecule has 0 atom stereocenters. The van der Waals surface area contributed by atoms with Gasteiger partial charge < -0.3 is 0 Å². The summed E-state index contributed by atoms with van der Waals surface area (Å²) in [6.45, 7) is 3.56. The highest BCUT2D eigenvalue weighted by Crippen LogP contribution is 2.28. The zero-order chi connectivity index (χ0) is 13.4. The molecule has 0 aliphatic heterocycles. The van der Waals surface area contributed by atoms with Gasteiger partial charge in [-0.25, -0.2) is 0 Å². The molecule has 96 valence electrons. The Hall–Kier alpha value is -1.04. The first-order valence-electron chi connectivity index (χ1n) is 4.95. The van der Waals surface area contributed by atoms with Gasteiger partial charge in [0, 0.05) is 19.0 Å². The van der Waals surface area contributed by atoms with Gasteiger partial charge in [0.1, 0.15) is 5.15 Å². The van der Waals surface area contributed by atoms with E-state index in [1.165, 1.54) is 11.7 Å². The van der Waals surface area contributed by atoms with Crippen molar-refractivity contribution in [2.45, 2.75) is 32.4 Å². The van der Waals surface area contributed by atoms with E-state index in [0.29, 0.717) is 5.69 Å². The molecule has 0 N–H and O–H groups in total. The van der Waals surface area contributed by atoms with Crippen molar-refractivity contribution < 1.29 is 18.0 Å². The van der Waals surface area contributed by atoms with Crippen LogP contribution in [0.25, 0.3) is 0 Å². The molecule has 0 aliphatic rings. The lowest BCUT2D eigenvalue weighted by Crippen LogP contribution is -2.25. The Morgan fingerprint density at radius 1 is 1.47 bits per heavy atom. The van der Waals surface area contributed by atoms with E-state index in [2.05, 4.69) is 5.10 Å². The van der Waals surface area contributed by atoms with Crippen molar-refractivity contribution in [1.82, 2.24) is 9.78 Å². The van der Waals surface area contributed by atoms with Gasteiger partial charge in [0.2, 0.25) is 5.78 Å². The van der Waals surface area contributed by atoms with Gasteiger partial charge in [0.15, 0.2) is 0 Å². The molecule has 0 saturated heterocycles. The van der Waals surface area contributed by atoms with E-state index in [0.717, 1.165) is 0 Å². The summed E-state index contributed by atoms with van der Waals surface area (Å²) < 4.78 is 37.8. The molecule has 0 amide bonds. The number of halogens is 4. The lowest BCUT2D eigenvalue weighted by Gasteiger charge is -2.07. The first-order valence-corrected chi connectivity index (χ1v) is 5.33. The Bertz CT molecular complexity index is 437. The van der Waals surface area contributed by atoms with Crippen LogP contribution in [-0.2, 0) is 18.3 Å². The summed E-state index contributed by atoms with van der Waals surface area (Å²) in [5.41, 5.74) is 0.585. The first-order chi connectivity index (χ1) is 7.64. The van der Waals surface area contributed by atoms with Gasteiger partial charge in [0.25, 0.3) is 0 Å². The highest BCUT2D eigenvalue weighted by atomic mass is 35.5. The minimum absolute atomic E-state index is 0.0753. The third-order valence-corrected chi connectivity index (χ3v) is 2.77. The Labute approximate surface area is 102 Å². The molecule has 3 nitrogen and oxygen atoms in total. The van der Waals surface area contributed by atoms with Crippen LogP contribution < -0.4 is 0 Å². The molecule has 1 aromatic rings. The minimum Gasteiger partial charge on any atom is -0.289 e. The van der Waals surface area contributed by atoms with Crippen LogP contribution in [0, 0.1) is 0 Å². The lowest BCUT2D eigenvalue weighted by molar-refractivity contribution is -0.170. The average Bonchev–Trinajstić information content (AvgIpc) is 2.44. The van der Waals surface area contributed by atoms with E-state index in [9.17, 15) is 18.0 Å². The molecule has 0 saturated carbocycles. The molecule has 0 unspecified atom stereocenters. The number of ketones is 1. The molecule has 0 aliphatic carbocycles. The van der Waals surface area contributed by atoms with Crippen LogP contribution in [-0.4, -0.2) is 21.7 Å². The number of aromatic nitrogens is 2. The van der Waals surface area contributed by atoms with Crippen LogP contribution in [0.3, 0.4) is 0 Å². The zero-order valence-electron chi connectivity index (χ0n) is 9.60. The van der Waals surface area contributed by atoms with Gasteiger partial charge in [0.05, 0.1) is 5.69 Å². The van der Waals surface area contributed by atoms with E-state index in [-0.39, 0.29) is 16.6 Å². The first kappa shape index (κ1) is 14.0. The van der Waals surface area contributed by atoms with Crippen molar-refractivity contribution in [3.05, 3.63) is 16.4 Å². The van der Waals surface area contributed by atoms with Crippen molar-refractivity contribution in [2.75, 3.05) is 0 Å². The van der Waals surface area contributed by atoms with Gasteiger partial charge in [-0.3, -0.25) is 9.48 Å². The zero-order valence-corrected chi connectivity index (χ0v) is 10.4. The topological polar surface area (TPSA) is 34.9 Å². The number of rotatable bonds is 3. The number of hydrogen-bond acceptors (Lipinski definition) is 2. The second kappa shape index (κ2) is 4.68. The van der Waals surface area contributed by atoms with E-state index < -0.39 is 18.4 Å². The molecular formula is C10H12ClF3N2O. The van der Waals surface area contributed by atoms with Gasteiger partial charge in [-0.15, -0.1) is 0 Å². The molecule has 7 heteroatoms. The molecule has 17 heavy (non-hydrogen) atoms. The summed E-state index contributed by atoms with van der Waals surface area (Å²) >= 11 is 5.83. The summed E-state index contributed by atoms with van der Waals surface area (Å²) in [4.78, 5) is 10.9. The molecule has 1 aromatic heterocycles. The number of carbonyl (C=O) groups is 1. The third-order valence-electron chi connectivity index (χ3n) is 2.30. The molecule has 0 radical (unpaired) electrons. The maximum Gasteiger partial charge on any atom is 0.450 e. The number of aryl methyl sites for hydroxylation is 1. The predicted octanol–water partition coefficient (Wildman–Crippen LogP) is 2.87. The smallest absolute Gasteiger partial charge is 0.289 e. The second-order valence-corrected chi connectivity index (χ2v) is 4.39. The summed E-state index contributed by atoms with van der Waals surface area (Å²) in [6, 6.07) is 0. The Morgan fingerprint density at radius 2 is 2.00 bits per heavy atom. The Kier molecular flexibility index (Phi) is 3.86. The van der Waals surface area contributed by atoms with E-state index in [4.69, 9.17) is 11.6 Å². The van der Waals surface area contributed by atoms with Crippen LogP contribution in [0.4, 0.5) is 13.2 Å². The largest absolute Gasteiger partial charge is 0.450 e. The number of carbonyl (C=O) groups excluding carboxylic acids is 1. The molecule has 1 rings (SSSR count). The molecular weight excluding hydrogens is 257 g/mol. The summed E-state index contributed by atoms with van der Waals surface area (Å²) in [5.74, 6) is -1.90. The number of alkyl halides is 3. The maximum atomic E-state index is 12.2. The van der Waals surface area contributed by atoms with Crippen molar-refractivity contribution in [1.29, 1.82) is 0 Å². The van der Waals surface area contributed by atoms with E-state index in [1.807, 2.05) is 0 Å². The molecule has 0 fully saturated rings. The fraction of sp³-hybridized carbons (Fsp3) is 0.600. The Balaban J connectivity index is 3.10. The van der Waals surface area contributed by atoms with Gasteiger partial charge in [-0.05, 0) is 5.92 Å². The minimum atomic E-state index is -4.84. The Morgan fingerprint density at radius 3 is 2.41 bits per heavy atom. The quantitative estimate of drug-likeness (QED) is 0.845. The second-order valence-electron chi connectivity index (χ2n) is 4.03. The molecule has 0 bridgehead atoms. The SMILES string of the molecule is CC(C)c1nn(C)c(Cl)c1CC(=O)C(F)(F)F. The van der Waals surface area contributed by atoms with Crippen LogP contribution in [0.5, 0.6) is 0 Å². The highest BCUT2D eigenvalue weighted by Gasteiger charge is 2.39. The van der Waals surface area contributed by atoms with Crippen LogP contribution in [0.1, 0.15) is 31.0 Å². The van der Waals surface area contributed by atoms with Crippen molar-refractivity contribution >= 4 is 17.4 Å². The number of hydrogen-bond donors (Lipinski definition) is 0. The normalized spacial score (nSPS) is 12.2. The number of nitrogens with zero attached hydrogens (tertiary/aromatic N) is 2. The van der Waals surface area contributed by atoms with Crippen LogP contribution in [0.2, 0.25) is 5.15 Å². The monoisotopic (exact) mass is 268 g/mol. The van der Waals surface area contributed by atoms with Gasteiger partial charge in [-0.2, -0.15) is 18.3 Å². The summed E-state index contributed by atoms with van der Waals surface area (Å²) in [5, 5.41) is 4.09. The van der Waals surface area contributed by atoms with Crippen molar-refractivity contribution in [3.8, 4) is 0 Å². The van der Waals surface area contributed by atoms with Crippen LogP contribution in [0.15, 0.2) is 0 Å².